The Morgan fingerprint density at radius 2 is 1.45 bits per heavy atom. The van der Waals surface area contributed by atoms with Crippen LogP contribution in [0.15, 0.2) is 91.3 Å². The Balaban J connectivity index is 1.23. The predicted octanol–water partition coefficient (Wildman–Crippen LogP) is 7.56. The van der Waals surface area contributed by atoms with Crippen LogP contribution in [-0.4, -0.2) is 30.0 Å². The van der Waals surface area contributed by atoms with E-state index in [0.717, 1.165) is 23.2 Å². The van der Waals surface area contributed by atoms with Crippen molar-refractivity contribution in [3.8, 4) is 23.0 Å². The first kappa shape index (κ1) is 28.4. The van der Waals surface area contributed by atoms with Crippen molar-refractivity contribution in [3.05, 3.63) is 108 Å². The number of alkyl halides is 3. The van der Waals surface area contributed by atoms with Gasteiger partial charge >= 0.3 is 6.18 Å². The van der Waals surface area contributed by atoms with E-state index in [1.165, 1.54) is 18.5 Å². The fourth-order valence-corrected chi connectivity index (χ4v) is 4.46. The maximum atomic E-state index is 13.0. The molecule has 0 spiro atoms. The number of carbonyl (C=O) groups is 1. The number of ether oxygens (including phenoxy) is 3. The number of fused-ring (bicyclic) bond motifs is 1. The molecule has 0 aliphatic heterocycles. The number of anilines is 2. The molecule has 0 radical (unpaired) electrons. The predicted molar refractivity (Wildman–Crippen MR) is 153 cm³/mol. The highest BCUT2D eigenvalue weighted by Crippen LogP contribution is 2.35. The van der Waals surface area contributed by atoms with Gasteiger partial charge in [-0.2, -0.15) is 13.2 Å². The van der Waals surface area contributed by atoms with Gasteiger partial charge in [0.2, 0.25) is 0 Å². The van der Waals surface area contributed by atoms with Crippen molar-refractivity contribution in [1.29, 1.82) is 0 Å². The van der Waals surface area contributed by atoms with Gasteiger partial charge in [-0.3, -0.25) is 4.79 Å². The maximum absolute atomic E-state index is 13.0. The normalized spacial score (nSPS) is 11.3. The van der Waals surface area contributed by atoms with Crippen molar-refractivity contribution < 1.29 is 32.2 Å². The van der Waals surface area contributed by atoms with Gasteiger partial charge in [0.1, 0.15) is 29.4 Å². The van der Waals surface area contributed by atoms with E-state index in [4.69, 9.17) is 14.2 Å². The van der Waals surface area contributed by atoms with Crippen LogP contribution in [0.5, 0.6) is 23.0 Å². The van der Waals surface area contributed by atoms with Crippen LogP contribution in [0.1, 0.15) is 16.7 Å². The number of nitrogens with zero attached hydrogens (tertiary/aromatic N) is 2. The van der Waals surface area contributed by atoms with Crippen LogP contribution in [0.2, 0.25) is 0 Å². The Morgan fingerprint density at radius 1 is 0.786 bits per heavy atom. The first-order valence-corrected chi connectivity index (χ1v) is 12.9. The molecule has 0 aliphatic rings. The third-order valence-corrected chi connectivity index (χ3v) is 6.45. The second-order valence-corrected chi connectivity index (χ2v) is 9.44. The molecule has 0 saturated heterocycles. The quantitative estimate of drug-likeness (QED) is 0.185. The minimum Gasteiger partial charge on any atom is -0.493 e. The van der Waals surface area contributed by atoms with E-state index in [1.54, 1.807) is 56.7 Å². The lowest BCUT2D eigenvalue weighted by molar-refractivity contribution is -0.137. The van der Waals surface area contributed by atoms with Gasteiger partial charge in [0, 0.05) is 30.0 Å². The third kappa shape index (κ3) is 6.77. The lowest BCUT2D eigenvalue weighted by atomic mass is 10.0. The number of ketones is 1. The van der Waals surface area contributed by atoms with E-state index in [-0.39, 0.29) is 18.6 Å². The molecular weight excluding hydrogens is 547 g/mol. The van der Waals surface area contributed by atoms with Gasteiger partial charge in [-0.1, -0.05) is 30.3 Å². The number of methoxy groups -OCH3 is 2. The average molecular weight is 574 g/mol. The molecule has 0 fully saturated rings. The van der Waals surface area contributed by atoms with E-state index in [1.807, 2.05) is 18.2 Å². The second kappa shape index (κ2) is 12.2. The zero-order valence-corrected chi connectivity index (χ0v) is 22.7. The number of halogens is 3. The molecule has 0 unspecified atom stereocenters. The highest BCUT2D eigenvalue weighted by molar-refractivity contribution is 5.93. The van der Waals surface area contributed by atoms with Gasteiger partial charge in [-0.05, 0) is 59.7 Å². The molecule has 4 aromatic carbocycles. The van der Waals surface area contributed by atoms with Crippen LogP contribution in [0.3, 0.4) is 0 Å². The molecule has 1 heterocycles. The Labute approximate surface area is 239 Å². The molecular formula is C32H26F3N3O4. The standard InChI is InChI=1S/C32H26F3N3O4/c1-40-29-17-27-28(18-30(29)41-2)36-19-37-31(27)38-23-9-11-25(12-10-23)42-26-8-4-6-21(16-26)15-24(39)14-20-5-3-7-22(13-20)32(33,34)35/h3-13,16-19H,14-15H2,1-2H3,(H,36,37,38). The topological polar surface area (TPSA) is 82.6 Å². The van der Waals surface area contributed by atoms with Crippen molar-refractivity contribution in [3.63, 3.8) is 0 Å². The Kier molecular flexibility index (Phi) is 8.24. The van der Waals surface area contributed by atoms with Crippen LogP contribution < -0.4 is 19.5 Å². The fraction of sp³-hybridized carbons (Fsp3) is 0.156. The summed E-state index contributed by atoms with van der Waals surface area (Å²) in [6.07, 6.45) is -3.01. The highest BCUT2D eigenvalue weighted by atomic mass is 19.4. The monoisotopic (exact) mass is 573 g/mol. The molecule has 0 aliphatic carbocycles. The van der Waals surface area contributed by atoms with Gasteiger partial charge in [-0.15, -0.1) is 0 Å². The summed E-state index contributed by atoms with van der Waals surface area (Å²) in [5, 5.41) is 4.05. The summed E-state index contributed by atoms with van der Waals surface area (Å²) in [4.78, 5) is 21.3. The molecule has 10 heteroatoms. The fourth-order valence-electron chi connectivity index (χ4n) is 4.46. The average Bonchev–Trinajstić information content (AvgIpc) is 2.97. The Bertz CT molecular complexity index is 1720. The number of rotatable bonds is 10. The van der Waals surface area contributed by atoms with E-state index >= 15 is 0 Å². The third-order valence-electron chi connectivity index (χ3n) is 6.45. The molecule has 0 bridgehead atoms. The van der Waals surface area contributed by atoms with Crippen LogP contribution >= 0.6 is 0 Å². The number of carbonyl (C=O) groups excluding carboxylic acids is 1. The Hall–Kier alpha value is -5.12. The first-order chi connectivity index (χ1) is 20.2. The summed E-state index contributed by atoms with van der Waals surface area (Å²) in [6.45, 7) is 0. The van der Waals surface area contributed by atoms with E-state index < -0.39 is 11.7 Å². The SMILES string of the molecule is COc1cc2ncnc(Nc3ccc(Oc4cccc(CC(=O)Cc5cccc(C(F)(F)F)c5)c4)cc3)c2cc1OC. The molecule has 42 heavy (non-hydrogen) atoms. The van der Waals surface area contributed by atoms with E-state index in [9.17, 15) is 18.0 Å². The van der Waals surface area contributed by atoms with Gasteiger partial charge in [0.25, 0.3) is 0 Å². The minimum absolute atomic E-state index is 0.0693. The van der Waals surface area contributed by atoms with Gasteiger partial charge in [-0.25, -0.2) is 9.97 Å². The minimum atomic E-state index is -4.45. The van der Waals surface area contributed by atoms with Gasteiger partial charge < -0.3 is 19.5 Å². The summed E-state index contributed by atoms with van der Waals surface area (Å²) >= 11 is 0. The zero-order chi connectivity index (χ0) is 29.7. The number of benzene rings is 4. The van der Waals surface area contributed by atoms with Crippen molar-refractivity contribution in [2.45, 2.75) is 19.0 Å². The molecule has 7 nitrogen and oxygen atoms in total. The lowest BCUT2D eigenvalue weighted by Gasteiger charge is -2.13. The van der Waals surface area contributed by atoms with E-state index in [0.29, 0.717) is 45.5 Å². The first-order valence-electron chi connectivity index (χ1n) is 12.9. The maximum Gasteiger partial charge on any atom is 0.416 e. The summed E-state index contributed by atoms with van der Waals surface area (Å²) in [5.41, 5.74) is 1.72. The molecule has 0 atom stereocenters. The number of hydrogen-bond acceptors (Lipinski definition) is 7. The van der Waals surface area contributed by atoms with E-state index in [2.05, 4.69) is 15.3 Å². The molecule has 5 aromatic rings. The van der Waals surface area contributed by atoms with Crippen LogP contribution in [-0.2, 0) is 23.8 Å². The van der Waals surface area contributed by atoms with Crippen molar-refractivity contribution in [1.82, 2.24) is 9.97 Å². The summed E-state index contributed by atoms with van der Waals surface area (Å²) in [7, 11) is 3.13. The number of hydrogen-bond donors (Lipinski definition) is 1. The molecule has 0 saturated carbocycles. The van der Waals surface area contributed by atoms with Crippen LogP contribution in [0.25, 0.3) is 10.9 Å². The molecule has 214 valence electrons. The smallest absolute Gasteiger partial charge is 0.416 e. The molecule has 1 N–H and O–H groups in total. The van der Waals surface area contributed by atoms with Crippen molar-refractivity contribution in [2.75, 3.05) is 19.5 Å². The van der Waals surface area contributed by atoms with Gasteiger partial charge in [0.15, 0.2) is 11.5 Å². The van der Waals surface area contributed by atoms with Crippen molar-refractivity contribution in [2.24, 2.45) is 0 Å². The zero-order valence-electron chi connectivity index (χ0n) is 22.7. The second-order valence-electron chi connectivity index (χ2n) is 9.44. The number of Topliss-reactive ketones (excluding diaryl/α,β-unsaturated/α-hetero) is 1. The molecule has 5 rings (SSSR count). The van der Waals surface area contributed by atoms with Crippen LogP contribution in [0.4, 0.5) is 24.7 Å². The highest BCUT2D eigenvalue weighted by Gasteiger charge is 2.30. The number of nitrogens with one attached hydrogen (secondary N) is 1. The Morgan fingerprint density at radius 3 is 2.14 bits per heavy atom. The summed E-state index contributed by atoms with van der Waals surface area (Å²) < 4.78 is 55.7. The summed E-state index contributed by atoms with van der Waals surface area (Å²) in [5.74, 6) is 2.63. The van der Waals surface area contributed by atoms with Crippen molar-refractivity contribution >= 4 is 28.2 Å². The van der Waals surface area contributed by atoms with Crippen LogP contribution in [0, 0.1) is 0 Å². The number of aromatic nitrogens is 2. The summed E-state index contributed by atoms with van der Waals surface area (Å²) in [6, 6.07) is 22.7. The molecule has 0 amide bonds. The lowest BCUT2D eigenvalue weighted by Crippen LogP contribution is -2.09. The van der Waals surface area contributed by atoms with Gasteiger partial charge in [0.05, 0.1) is 25.3 Å². The molecule has 1 aromatic heterocycles. The largest absolute Gasteiger partial charge is 0.493 e.